The highest BCUT2D eigenvalue weighted by Gasteiger charge is 2.20. The molecule has 0 aliphatic carbocycles. The van der Waals surface area contributed by atoms with Crippen molar-refractivity contribution in [1.82, 2.24) is 10.3 Å². The molecule has 4 heteroatoms. The Morgan fingerprint density at radius 1 is 1.29 bits per heavy atom. The van der Waals surface area contributed by atoms with Crippen molar-refractivity contribution < 1.29 is 9.90 Å². The minimum absolute atomic E-state index is 0.236. The van der Waals surface area contributed by atoms with Gasteiger partial charge in [0, 0.05) is 24.0 Å². The van der Waals surface area contributed by atoms with E-state index in [0.717, 1.165) is 16.8 Å². The van der Waals surface area contributed by atoms with Crippen LogP contribution < -0.4 is 5.32 Å². The molecule has 0 unspecified atom stereocenters. The molecule has 0 atom stereocenters. The fourth-order valence-electron chi connectivity index (χ4n) is 2.08. The van der Waals surface area contributed by atoms with E-state index in [1.54, 1.807) is 18.2 Å². The molecule has 0 saturated carbocycles. The molecule has 1 aromatic heterocycles. The van der Waals surface area contributed by atoms with Crippen molar-refractivity contribution in [3.8, 4) is 0 Å². The number of carboxylic acid groups (broad SMARTS) is 1. The Balaban J connectivity index is 2.09. The van der Waals surface area contributed by atoms with Gasteiger partial charge in [-0.05, 0) is 50.1 Å². The van der Waals surface area contributed by atoms with Gasteiger partial charge in [0.2, 0.25) is 0 Å². The SMILES string of the molecule is Cc1ccc(C(C)(C)NCc2cccc(C(=O)O)c2)cn1. The van der Waals surface area contributed by atoms with Crippen LogP contribution >= 0.6 is 0 Å². The van der Waals surface area contributed by atoms with Gasteiger partial charge < -0.3 is 10.4 Å². The largest absolute Gasteiger partial charge is 0.478 e. The molecule has 1 aromatic carbocycles. The first kappa shape index (κ1) is 15.2. The average Bonchev–Trinajstić information content (AvgIpc) is 2.46. The van der Waals surface area contributed by atoms with Crippen LogP contribution in [-0.4, -0.2) is 16.1 Å². The second-order valence-electron chi connectivity index (χ2n) is 5.67. The molecule has 0 aliphatic heterocycles. The zero-order valence-corrected chi connectivity index (χ0v) is 12.6. The third kappa shape index (κ3) is 3.89. The van der Waals surface area contributed by atoms with Gasteiger partial charge in [0.25, 0.3) is 0 Å². The van der Waals surface area contributed by atoms with E-state index in [2.05, 4.69) is 30.2 Å². The van der Waals surface area contributed by atoms with Crippen LogP contribution in [0.2, 0.25) is 0 Å². The van der Waals surface area contributed by atoms with Crippen LogP contribution in [0.3, 0.4) is 0 Å². The van der Waals surface area contributed by atoms with Gasteiger partial charge in [-0.2, -0.15) is 0 Å². The summed E-state index contributed by atoms with van der Waals surface area (Å²) in [5, 5.41) is 12.5. The van der Waals surface area contributed by atoms with E-state index in [9.17, 15) is 4.79 Å². The maximum Gasteiger partial charge on any atom is 0.335 e. The van der Waals surface area contributed by atoms with Crippen molar-refractivity contribution in [2.75, 3.05) is 0 Å². The number of benzene rings is 1. The van der Waals surface area contributed by atoms with Crippen molar-refractivity contribution >= 4 is 5.97 Å². The molecule has 2 rings (SSSR count). The van der Waals surface area contributed by atoms with Crippen molar-refractivity contribution in [3.05, 3.63) is 65.0 Å². The van der Waals surface area contributed by atoms with E-state index >= 15 is 0 Å². The van der Waals surface area contributed by atoms with E-state index < -0.39 is 5.97 Å². The summed E-state index contributed by atoms with van der Waals surface area (Å²) in [6, 6.07) is 11.0. The number of carboxylic acids is 1. The van der Waals surface area contributed by atoms with Crippen molar-refractivity contribution in [2.45, 2.75) is 32.9 Å². The van der Waals surface area contributed by atoms with Gasteiger partial charge in [0.15, 0.2) is 0 Å². The standard InChI is InChI=1S/C17H20N2O2/c1-12-7-8-15(11-18-12)17(2,3)19-10-13-5-4-6-14(9-13)16(20)21/h4-9,11,19H,10H2,1-3H3,(H,20,21). The Morgan fingerprint density at radius 2 is 2.05 bits per heavy atom. The Hall–Kier alpha value is -2.20. The molecule has 0 radical (unpaired) electrons. The first-order chi connectivity index (χ1) is 9.88. The van der Waals surface area contributed by atoms with E-state index in [-0.39, 0.29) is 5.54 Å². The summed E-state index contributed by atoms with van der Waals surface area (Å²) < 4.78 is 0. The predicted octanol–water partition coefficient (Wildman–Crippen LogP) is 3.11. The minimum atomic E-state index is -0.904. The van der Waals surface area contributed by atoms with Crippen molar-refractivity contribution in [1.29, 1.82) is 0 Å². The monoisotopic (exact) mass is 284 g/mol. The van der Waals surface area contributed by atoms with Crippen LogP contribution in [0.4, 0.5) is 0 Å². The smallest absolute Gasteiger partial charge is 0.335 e. The summed E-state index contributed by atoms with van der Waals surface area (Å²) in [6.07, 6.45) is 1.87. The number of nitrogens with zero attached hydrogens (tertiary/aromatic N) is 1. The topological polar surface area (TPSA) is 62.2 Å². The number of aryl methyl sites for hydroxylation is 1. The molecular weight excluding hydrogens is 264 g/mol. The maximum atomic E-state index is 11.0. The summed E-state index contributed by atoms with van der Waals surface area (Å²) in [4.78, 5) is 15.3. The molecular formula is C17H20N2O2. The van der Waals surface area contributed by atoms with Gasteiger partial charge in [0.1, 0.15) is 0 Å². The zero-order chi connectivity index (χ0) is 15.5. The summed E-state index contributed by atoms with van der Waals surface area (Å²) >= 11 is 0. The highest BCUT2D eigenvalue weighted by Crippen LogP contribution is 2.20. The molecule has 0 amide bonds. The van der Waals surface area contributed by atoms with E-state index in [0.29, 0.717) is 12.1 Å². The Morgan fingerprint density at radius 3 is 2.67 bits per heavy atom. The maximum absolute atomic E-state index is 11.0. The summed E-state index contributed by atoms with van der Waals surface area (Å²) in [5.41, 5.74) is 3.11. The van der Waals surface area contributed by atoms with Crippen molar-refractivity contribution in [2.24, 2.45) is 0 Å². The lowest BCUT2D eigenvalue weighted by atomic mass is 9.95. The normalized spacial score (nSPS) is 11.4. The molecule has 0 saturated heterocycles. The molecule has 2 aromatic rings. The lowest BCUT2D eigenvalue weighted by Crippen LogP contribution is -2.36. The molecule has 1 heterocycles. The van der Waals surface area contributed by atoms with Crippen LogP contribution in [0.1, 0.15) is 41.0 Å². The fraction of sp³-hybridized carbons (Fsp3) is 0.294. The Labute approximate surface area is 124 Å². The summed E-state index contributed by atoms with van der Waals surface area (Å²) in [5.74, 6) is -0.904. The van der Waals surface area contributed by atoms with Crippen LogP contribution in [0.15, 0.2) is 42.6 Å². The first-order valence-electron chi connectivity index (χ1n) is 6.89. The van der Waals surface area contributed by atoms with Crippen LogP contribution in [0, 0.1) is 6.92 Å². The molecule has 0 spiro atoms. The number of hydrogen-bond donors (Lipinski definition) is 2. The number of aromatic nitrogens is 1. The third-order valence-electron chi connectivity index (χ3n) is 3.54. The quantitative estimate of drug-likeness (QED) is 0.885. The molecule has 21 heavy (non-hydrogen) atoms. The number of aromatic carboxylic acids is 1. The van der Waals surface area contributed by atoms with Gasteiger partial charge in [-0.3, -0.25) is 4.98 Å². The van der Waals surface area contributed by atoms with Crippen LogP contribution in [0.25, 0.3) is 0 Å². The van der Waals surface area contributed by atoms with Gasteiger partial charge in [-0.15, -0.1) is 0 Å². The van der Waals surface area contributed by atoms with Crippen molar-refractivity contribution in [3.63, 3.8) is 0 Å². The molecule has 0 aliphatic rings. The first-order valence-corrected chi connectivity index (χ1v) is 6.89. The number of pyridine rings is 1. The van der Waals surface area contributed by atoms with E-state index in [1.807, 2.05) is 25.3 Å². The molecule has 2 N–H and O–H groups in total. The van der Waals surface area contributed by atoms with Crippen LogP contribution in [-0.2, 0) is 12.1 Å². The molecule has 0 bridgehead atoms. The number of hydrogen-bond acceptors (Lipinski definition) is 3. The predicted molar refractivity (Wildman–Crippen MR) is 82.2 cm³/mol. The number of nitrogens with one attached hydrogen (secondary N) is 1. The fourth-order valence-corrected chi connectivity index (χ4v) is 2.08. The Kier molecular flexibility index (Phi) is 4.38. The lowest BCUT2D eigenvalue weighted by molar-refractivity contribution is 0.0696. The van der Waals surface area contributed by atoms with Gasteiger partial charge >= 0.3 is 5.97 Å². The second-order valence-corrected chi connectivity index (χ2v) is 5.67. The Bertz CT molecular complexity index is 633. The second kappa shape index (κ2) is 6.06. The molecule has 110 valence electrons. The number of rotatable bonds is 5. The lowest BCUT2D eigenvalue weighted by Gasteiger charge is -2.27. The van der Waals surface area contributed by atoms with Crippen LogP contribution in [0.5, 0.6) is 0 Å². The zero-order valence-electron chi connectivity index (χ0n) is 12.6. The van der Waals surface area contributed by atoms with E-state index in [1.165, 1.54) is 0 Å². The number of carbonyl (C=O) groups is 1. The minimum Gasteiger partial charge on any atom is -0.478 e. The van der Waals surface area contributed by atoms with Gasteiger partial charge in [-0.25, -0.2) is 4.79 Å². The highest BCUT2D eigenvalue weighted by molar-refractivity contribution is 5.87. The van der Waals surface area contributed by atoms with Gasteiger partial charge in [-0.1, -0.05) is 18.2 Å². The highest BCUT2D eigenvalue weighted by atomic mass is 16.4. The average molecular weight is 284 g/mol. The van der Waals surface area contributed by atoms with E-state index in [4.69, 9.17) is 5.11 Å². The third-order valence-corrected chi connectivity index (χ3v) is 3.54. The molecule has 4 nitrogen and oxygen atoms in total. The summed E-state index contributed by atoms with van der Waals surface area (Å²) in [7, 11) is 0. The van der Waals surface area contributed by atoms with Gasteiger partial charge in [0.05, 0.1) is 5.56 Å². The summed E-state index contributed by atoms with van der Waals surface area (Å²) in [6.45, 7) is 6.73. The molecule has 0 fully saturated rings.